The van der Waals surface area contributed by atoms with E-state index in [-0.39, 0.29) is 0 Å². The van der Waals surface area contributed by atoms with E-state index in [1.54, 1.807) is 5.56 Å². The van der Waals surface area contributed by atoms with Gasteiger partial charge in [-0.05, 0) is 108 Å². The molecule has 4 fully saturated rings. The van der Waals surface area contributed by atoms with Crippen molar-refractivity contribution >= 4 is 64.2 Å². The van der Waals surface area contributed by atoms with Crippen LogP contribution in [0.15, 0.2) is 85.7 Å². The maximum Gasteiger partial charge on any atom is 0.169 e. The van der Waals surface area contributed by atoms with Gasteiger partial charge in [-0.2, -0.15) is 0 Å². The first-order chi connectivity index (χ1) is 32.2. The second-order valence-electron chi connectivity index (χ2n) is 20.5. The number of morpholine rings is 2. The molecule has 11 heteroatoms. The summed E-state index contributed by atoms with van der Waals surface area (Å²) in [6.45, 7) is 21.7. The number of benzene rings is 2. The van der Waals surface area contributed by atoms with Crippen molar-refractivity contribution in [3.8, 4) is 0 Å². The van der Waals surface area contributed by atoms with E-state index in [2.05, 4.69) is 142 Å². The summed E-state index contributed by atoms with van der Waals surface area (Å²) in [7, 11) is -1.90. The molecule has 6 heterocycles. The average molecular weight is 909 g/mol. The third-order valence-electron chi connectivity index (χ3n) is 15.6. The number of hydrogen-bond donors (Lipinski definition) is 3. The third kappa shape index (κ3) is 9.90. The van der Waals surface area contributed by atoms with Gasteiger partial charge < -0.3 is 39.1 Å². The summed E-state index contributed by atoms with van der Waals surface area (Å²) in [6, 6.07) is 18.2. The molecule has 2 aliphatic carbocycles. The van der Waals surface area contributed by atoms with Crippen LogP contribution in [0.2, 0.25) is 16.6 Å². The van der Waals surface area contributed by atoms with E-state index < -0.39 is 8.24 Å². The number of anilines is 6. The molecule has 66 heavy (non-hydrogen) atoms. The van der Waals surface area contributed by atoms with E-state index >= 15 is 0 Å². The highest BCUT2D eigenvalue weighted by atomic mass is 28.3. The van der Waals surface area contributed by atoms with E-state index in [0.29, 0.717) is 22.5 Å². The van der Waals surface area contributed by atoms with Crippen LogP contribution in [0.1, 0.15) is 129 Å². The minimum Gasteiger partial charge on any atom is -0.378 e. The summed E-state index contributed by atoms with van der Waals surface area (Å²) in [5, 5.41) is 10.1. The van der Waals surface area contributed by atoms with Crippen LogP contribution in [0.3, 0.4) is 0 Å². The Labute approximate surface area is 395 Å². The first kappa shape index (κ1) is 46.3. The number of rotatable bonds is 12. The van der Waals surface area contributed by atoms with Gasteiger partial charge in [0.25, 0.3) is 0 Å². The summed E-state index contributed by atoms with van der Waals surface area (Å²) in [6.07, 6.45) is 26.1. The normalized spacial score (nSPS) is 18.1. The van der Waals surface area contributed by atoms with E-state index in [1.807, 2.05) is 24.8 Å². The SMILES string of the molecule is CC(C)[Si](C(C)C)(C(C)C)n1cc(C2CCCCC2)c2ccc(Nc3cncc(N4CCOCC4)c3)cc21.c1cc2c(C3CCCCC3)c[nH]c2cc1Nc1cncc(N2CCOCC2)c1. The molecule has 3 N–H and O–H groups in total. The smallest absolute Gasteiger partial charge is 0.169 e. The van der Waals surface area contributed by atoms with Crippen molar-refractivity contribution in [2.45, 2.75) is 134 Å². The Morgan fingerprint density at radius 3 is 1.56 bits per heavy atom. The zero-order valence-electron chi connectivity index (χ0n) is 40.8. The number of nitrogens with one attached hydrogen (secondary N) is 3. The van der Waals surface area contributed by atoms with Gasteiger partial charge in [0.15, 0.2) is 8.24 Å². The second kappa shape index (κ2) is 21.0. The summed E-state index contributed by atoms with van der Waals surface area (Å²) in [5.41, 5.74) is 14.3. The van der Waals surface area contributed by atoms with Crippen LogP contribution in [0.4, 0.5) is 34.1 Å². The van der Waals surface area contributed by atoms with Crippen LogP contribution in [0, 0.1) is 0 Å². The third-order valence-corrected chi connectivity index (χ3v) is 22.4. The van der Waals surface area contributed by atoms with Crippen LogP contribution in [-0.4, -0.2) is 80.0 Å². The molecule has 6 aromatic rings. The van der Waals surface area contributed by atoms with Gasteiger partial charge in [0.05, 0.1) is 74.0 Å². The van der Waals surface area contributed by atoms with Crippen molar-refractivity contribution < 1.29 is 9.47 Å². The largest absolute Gasteiger partial charge is 0.378 e. The van der Waals surface area contributed by atoms with Crippen LogP contribution < -0.4 is 20.4 Å². The van der Waals surface area contributed by atoms with Crippen molar-refractivity contribution in [1.82, 2.24) is 19.2 Å². The Morgan fingerprint density at radius 1 is 0.561 bits per heavy atom. The molecule has 10 nitrogen and oxygen atoms in total. The molecule has 2 aromatic carbocycles. The molecule has 0 unspecified atom stereocenters. The molecule has 4 aliphatic rings. The van der Waals surface area contributed by atoms with Crippen molar-refractivity contribution in [2.75, 3.05) is 73.0 Å². The monoisotopic (exact) mass is 909 g/mol. The van der Waals surface area contributed by atoms with Crippen molar-refractivity contribution in [1.29, 1.82) is 0 Å². The van der Waals surface area contributed by atoms with Gasteiger partial charge >= 0.3 is 0 Å². The van der Waals surface area contributed by atoms with Gasteiger partial charge in [0, 0.05) is 65.6 Å². The Balaban J connectivity index is 0.000000173. The minimum atomic E-state index is -1.90. The van der Waals surface area contributed by atoms with Crippen LogP contribution >= 0.6 is 0 Å². The van der Waals surface area contributed by atoms with Gasteiger partial charge in [-0.15, -0.1) is 0 Å². The minimum absolute atomic E-state index is 0.656. The number of aromatic amines is 1. The van der Waals surface area contributed by atoms with E-state index in [9.17, 15) is 0 Å². The molecule has 4 aromatic heterocycles. The number of nitrogens with zero attached hydrogens (tertiary/aromatic N) is 5. The summed E-state index contributed by atoms with van der Waals surface area (Å²) in [4.78, 5) is 17.2. The first-order valence-electron chi connectivity index (χ1n) is 25.5. The molecule has 0 amide bonds. The summed E-state index contributed by atoms with van der Waals surface area (Å²) >= 11 is 0. The predicted molar refractivity (Wildman–Crippen MR) is 279 cm³/mol. The Bertz CT molecular complexity index is 2480. The lowest BCUT2D eigenvalue weighted by Crippen LogP contribution is -2.51. The number of pyridine rings is 2. The number of ether oxygens (including phenoxy) is 2. The lowest BCUT2D eigenvalue weighted by atomic mass is 9.84. The highest BCUT2D eigenvalue weighted by Crippen LogP contribution is 2.47. The lowest BCUT2D eigenvalue weighted by molar-refractivity contribution is 0.122. The number of aromatic nitrogens is 4. The van der Waals surface area contributed by atoms with Gasteiger partial charge in [-0.25, -0.2) is 0 Å². The number of fused-ring (bicyclic) bond motifs is 2. The van der Waals surface area contributed by atoms with E-state index in [1.165, 1.54) is 91.6 Å². The molecule has 2 saturated heterocycles. The number of hydrogen-bond acceptors (Lipinski definition) is 8. The summed E-state index contributed by atoms with van der Waals surface area (Å²) < 4.78 is 13.8. The summed E-state index contributed by atoms with van der Waals surface area (Å²) in [5.74, 6) is 1.41. The van der Waals surface area contributed by atoms with Gasteiger partial charge in [0.1, 0.15) is 0 Å². The fourth-order valence-electron chi connectivity index (χ4n) is 12.5. The fraction of sp³-hybridized carbons (Fsp3) is 0.527. The second-order valence-corrected chi connectivity index (χ2v) is 26.2. The molecular weight excluding hydrogens is 833 g/mol. The molecule has 0 spiro atoms. The first-order valence-corrected chi connectivity index (χ1v) is 27.7. The van der Waals surface area contributed by atoms with E-state index in [0.717, 1.165) is 92.6 Å². The molecule has 2 saturated carbocycles. The lowest BCUT2D eigenvalue weighted by Gasteiger charge is -2.44. The van der Waals surface area contributed by atoms with Gasteiger partial charge in [0.2, 0.25) is 0 Å². The Kier molecular flexibility index (Phi) is 14.7. The van der Waals surface area contributed by atoms with Crippen LogP contribution in [-0.2, 0) is 9.47 Å². The van der Waals surface area contributed by atoms with Crippen LogP contribution in [0.25, 0.3) is 21.8 Å². The quantitative estimate of drug-likeness (QED) is 0.105. The molecule has 352 valence electrons. The maximum atomic E-state index is 5.55. The Morgan fingerprint density at radius 2 is 1.05 bits per heavy atom. The van der Waals surface area contributed by atoms with Gasteiger partial charge in [-0.3, -0.25) is 9.97 Å². The topological polar surface area (TPSA) is 95.5 Å². The number of H-pyrrole nitrogens is 1. The highest BCUT2D eigenvalue weighted by Gasteiger charge is 2.46. The zero-order valence-corrected chi connectivity index (χ0v) is 41.8. The fourth-order valence-corrected chi connectivity index (χ4v) is 19.2. The van der Waals surface area contributed by atoms with Crippen molar-refractivity contribution in [3.05, 3.63) is 96.8 Å². The molecule has 0 atom stereocenters. The zero-order chi connectivity index (χ0) is 45.6. The average Bonchev–Trinajstić information content (AvgIpc) is 3.95. The van der Waals surface area contributed by atoms with Crippen molar-refractivity contribution in [3.63, 3.8) is 0 Å². The molecule has 0 bridgehead atoms. The standard InChI is InChI=1S/C32H48N4OSi.C23H28N4O/c1-23(2)38(24(3)4,25(5)6)36-22-31(26-10-8-7-9-11-26)30-13-12-27(19-32(30)36)34-28-18-29(21-33-20-28)35-14-16-37-17-15-35;1-2-4-17(5-3-1)22-16-25-23-13-18(6-7-21(22)23)26-19-12-20(15-24-14-19)27-8-10-28-11-9-27/h12-13,18-26,34H,7-11,14-17H2,1-6H3;6-7,12-17,25-26H,1-5,8-11H2. The highest BCUT2D eigenvalue weighted by molar-refractivity contribution is 6.82. The molecule has 0 radical (unpaired) electrons. The predicted octanol–water partition coefficient (Wildman–Crippen LogP) is 13.9. The maximum absolute atomic E-state index is 5.55. The van der Waals surface area contributed by atoms with E-state index in [4.69, 9.17) is 9.47 Å². The van der Waals surface area contributed by atoms with Crippen LogP contribution in [0.5, 0.6) is 0 Å². The van der Waals surface area contributed by atoms with Crippen molar-refractivity contribution in [2.24, 2.45) is 0 Å². The molecule has 10 rings (SSSR count). The Hall–Kier alpha value is -4.84. The molecular formula is C55H76N8O2Si. The molecule has 2 aliphatic heterocycles. The van der Waals surface area contributed by atoms with Gasteiger partial charge in [-0.1, -0.05) is 92.2 Å².